The van der Waals surface area contributed by atoms with E-state index >= 15 is 0 Å². The molecule has 160 valence electrons. The highest BCUT2D eigenvalue weighted by molar-refractivity contribution is 7.17. The number of nitrogens with zero attached hydrogens (tertiary/aromatic N) is 5. The first kappa shape index (κ1) is 21.0. The molecule has 1 aliphatic heterocycles. The molecule has 0 unspecified atom stereocenters. The van der Waals surface area contributed by atoms with E-state index in [1.54, 1.807) is 23.4 Å². The van der Waals surface area contributed by atoms with Crippen molar-refractivity contribution in [1.82, 2.24) is 24.8 Å². The lowest BCUT2D eigenvalue weighted by Crippen LogP contribution is -2.50. The number of hydrogen-bond acceptors (Lipinski definition) is 7. The zero-order valence-electron chi connectivity index (χ0n) is 16.9. The summed E-state index contributed by atoms with van der Waals surface area (Å²) in [5.41, 5.74) is 1.22. The van der Waals surface area contributed by atoms with Gasteiger partial charge in [-0.2, -0.15) is 0 Å². The van der Waals surface area contributed by atoms with Gasteiger partial charge in [-0.15, -0.1) is 11.3 Å². The number of benzene rings is 1. The molecule has 0 spiro atoms. The van der Waals surface area contributed by atoms with E-state index in [1.807, 2.05) is 11.8 Å². The highest BCUT2D eigenvalue weighted by Crippen LogP contribution is 2.26. The monoisotopic (exact) mass is 440 g/mol. The zero-order valence-corrected chi connectivity index (χ0v) is 17.7. The van der Waals surface area contributed by atoms with E-state index in [9.17, 15) is 14.0 Å². The van der Waals surface area contributed by atoms with Crippen molar-refractivity contribution in [2.75, 3.05) is 38.0 Å². The van der Waals surface area contributed by atoms with Crippen LogP contribution in [0.3, 0.4) is 0 Å². The van der Waals surface area contributed by atoms with Gasteiger partial charge in [0.15, 0.2) is 10.8 Å². The normalized spacial score (nSPS) is 14.5. The minimum atomic E-state index is -0.349. The molecule has 2 aromatic heterocycles. The number of anilines is 1. The summed E-state index contributed by atoms with van der Waals surface area (Å²) in [5, 5.41) is 3.38. The van der Waals surface area contributed by atoms with Crippen LogP contribution >= 0.6 is 11.3 Å². The summed E-state index contributed by atoms with van der Waals surface area (Å²) in [6.45, 7) is 4.26. The van der Waals surface area contributed by atoms with E-state index in [-0.39, 0.29) is 24.2 Å². The van der Waals surface area contributed by atoms with Crippen molar-refractivity contribution in [1.29, 1.82) is 0 Å². The van der Waals surface area contributed by atoms with E-state index in [4.69, 9.17) is 0 Å². The fraction of sp³-hybridized carbons (Fsp3) is 0.286. The molecule has 0 aliphatic carbocycles. The van der Waals surface area contributed by atoms with Gasteiger partial charge in [-0.25, -0.2) is 19.3 Å². The zero-order chi connectivity index (χ0) is 21.8. The van der Waals surface area contributed by atoms with Gasteiger partial charge in [0.1, 0.15) is 10.7 Å². The van der Waals surface area contributed by atoms with Crippen LogP contribution in [0.1, 0.15) is 15.4 Å². The van der Waals surface area contributed by atoms with E-state index in [1.165, 1.54) is 35.6 Å². The van der Waals surface area contributed by atoms with Crippen molar-refractivity contribution in [2.24, 2.45) is 0 Å². The van der Waals surface area contributed by atoms with E-state index in [0.717, 1.165) is 0 Å². The third-order valence-electron chi connectivity index (χ3n) is 4.90. The Morgan fingerprint density at radius 2 is 1.77 bits per heavy atom. The van der Waals surface area contributed by atoms with Crippen LogP contribution in [0.5, 0.6) is 0 Å². The molecule has 0 radical (unpaired) electrons. The van der Waals surface area contributed by atoms with Crippen molar-refractivity contribution in [2.45, 2.75) is 6.92 Å². The van der Waals surface area contributed by atoms with Crippen molar-refractivity contribution in [3.8, 4) is 10.8 Å². The Labute approximate surface area is 182 Å². The highest BCUT2D eigenvalue weighted by Gasteiger charge is 2.26. The molecule has 2 amide bonds. The van der Waals surface area contributed by atoms with Gasteiger partial charge in [0.2, 0.25) is 5.91 Å². The van der Waals surface area contributed by atoms with Crippen molar-refractivity contribution >= 4 is 28.8 Å². The smallest absolute Gasteiger partial charge is 0.265 e. The van der Waals surface area contributed by atoms with Crippen molar-refractivity contribution in [3.05, 3.63) is 59.1 Å². The third-order valence-corrected chi connectivity index (χ3v) is 6.04. The molecular formula is C21H21FN6O2S. The van der Waals surface area contributed by atoms with Crippen LogP contribution in [0.25, 0.3) is 10.8 Å². The van der Waals surface area contributed by atoms with Gasteiger partial charge in [0.25, 0.3) is 5.91 Å². The number of piperazine rings is 1. The summed E-state index contributed by atoms with van der Waals surface area (Å²) in [6, 6.07) is 7.38. The summed E-state index contributed by atoms with van der Waals surface area (Å²) in [4.78, 5) is 42.4. The minimum Gasteiger partial charge on any atom is -0.335 e. The first-order valence-electron chi connectivity index (χ1n) is 9.81. The maximum Gasteiger partial charge on any atom is 0.265 e. The molecule has 0 saturated carbocycles. The molecule has 1 N–H and O–H groups in total. The SMILES string of the molecule is Cc1nc(-c2ncccn2)sc1C(=O)N1CCN(CC(=O)Nc2ccc(F)cc2)CC1. The lowest BCUT2D eigenvalue weighted by molar-refractivity contribution is -0.117. The van der Waals surface area contributed by atoms with Crippen LogP contribution in [-0.4, -0.2) is 69.3 Å². The quantitative estimate of drug-likeness (QED) is 0.655. The van der Waals surface area contributed by atoms with Crippen LogP contribution in [-0.2, 0) is 4.79 Å². The molecule has 1 aromatic carbocycles. The number of aryl methyl sites for hydroxylation is 1. The summed E-state index contributed by atoms with van der Waals surface area (Å²) in [6.07, 6.45) is 3.29. The number of carbonyl (C=O) groups excluding carboxylic acids is 2. The summed E-state index contributed by atoms with van der Waals surface area (Å²) < 4.78 is 13.0. The third kappa shape index (κ3) is 5.09. The molecule has 1 aliphatic rings. The Balaban J connectivity index is 1.31. The Morgan fingerprint density at radius 3 is 2.45 bits per heavy atom. The topological polar surface area (TPSA) is 91.3 Å². The number of carbonyl (C=O) groups is 2. The minimum absolute atomic E-state index is 0.0624. The number of rotatable bonds is 5. The fourth-order valence-electron chi connectivity index (χ4n) is 3.29. The van der Waals surface area contributed by atoms with Gasteiger partial charge < -0.3 is 10.2 Å². The second-order valence-corrected chi connectivity index (χ2v) is 8.13. The van der Waals surface area contributed by atoms with Gasteiger partial charge in [-0.3, -0.25) is 14.5 Å². The first-order valence-corrected chi connectivity index (χ1v) is 10.6. The van der Waals surface area contributed by atoms with Crippen LogP contribution in [0.15, 0.2) is 42.7 Å². The standard InChI is InChI=1S/C21H21FN6O2S/c1-14-18(31-20(25-14)19-23-7-2-8-24-19)21(30)28-11-9-27(10-12-28)13-17(29)26-16-5-3-15(22)4-6-16/h2-8H,9-13H2,1H3,(H,26,29). The van der Waals surface area contributed by atoms with Crippen LogP contribution in [0.2, 0.25) is 0 Å². The Hall–Kier alpha value is -3.24. The Kier molecular flexibility index (Phi) is 6.28. The maximum atomic E-state index is 13.0. The maximum absolute atomic E-state index is 13.0. The molecule has 31 heavy (non-hydrogen) atoms. The van der Waals surface area contributed by atoms with Gasteiger partial charge in [0, 0.05) is 44.3 Å². The second kappa shape index (κ2) is 9.27. The number of hydrogen-bond donors (Lipinski definition) is 1. The van der Waals surface area contributed by atoms with E-state index in [2.05, 4.69) is 20.3 Å². The van der Waals surface area contributed by atoms with E-state index in [0.29, 0.717) is 53.3 Å². The molecule has 3 aromatic rings. The van der Waals surface area contributed by atoms with Crippen molar-refractivity contribution in [3.63, 3.8) is 0 Å². The molecule has 4 rings (SSSR count). The van der Waals surface area contributed by atoms with Crippen LogP contribution in [0, 0.1) is 12.7 Å². The first-order chi connectivity index (χ1) is 15.0. The number of amides is 2. The van der Waals surface area contributed by atoms with E-state index < -0.39 is 0 Å². The molecule has 1 fully saturated rings. The lowest BCUT2D eigenvalue weighted by Gasteiger charge is -2.34. The average molecular weight is 441 g/mol. The van der Waals surface area contributed by atoms with Gasteiger partial charge >= 0.3 is 0 Å². The fourth-order valence-corrected chi connectivity index (χ4v) is 4.27. The Morgan fingerprint density at radius 1 is 1.10 bits per heavy atom. The predicted molar refractivity (Wildman–Crippen MR) is 115 cm³/mol. The largest absolute Gasteiger partial charge is 0.335 e. The summed E-state index contributed by atoms with van der Waals surface area (Å²) in [7, 11) is 0. The van der Waals surface area contributed by atoms with Crippen LogP contribution < -0.4 is 5.32 Å². The number of halogens is 1. The highest BCUT2D eigenvalue weighted by atomic mass is 32.1. The number of nitrogens with one attached hydrogen (secondary N) is 1. The van der Waals surface area contributed by atoms with Crippen molar-refractivity contribution < 1.29 is 14.0 Å². The molecular weight excluding hydrogens is 419 g/mol. The molecule has 3 heterocycles. The predicted octanol–water partition coefficient (Wildman–Crippen LogP) is 2.44. The average Bonchev–Trinajstić information content (AvgIpc) is 3.17. The molecule has 1 saturated heterocycles. The van der Waals surface area contributed by atoms with Gasteiger partial charge in [-0.1, -0.05) is 0 Å². The van der Waals surface area contributed by atoms with Gasteiger partial charge in [0.05, 0.1) is 12.2 Å². The van der Waals surface area contributed by atoms with Crippen LogP contribution in [0.4, 0.5) is 10.1 Å². The molecule has 10 heteroatoms. The number of aromatic nitrogens is 3. The Bertz CT molecular complexity index is 1070. The molecule has 8 nitrogen and oxygen atoms in total. The second-order valence-electron chi connectivity index (χ2n) is 7.13. The number of thiazole rings is 1. The van der Waals surface area contributed by atoms with Gasteiger partial charge in [-0.05, 0) is 37.3 Å². The molecule has 0 atom stereocenters. The summed E-state index contributed by atoms with van der Waals surface area (Å²) in [5.74, 6) is -0.0743. The lowest BCUT2D eigenvalue weighted by atomic mass is 10.2. The summed E-state index contributed by atoms with van der Waals surface area (Å²) >= 11 is 1.30. The molecule has 0 bridgehead atoms.